The molecule has 118 valence electrons. The highest BCUT2D eigenvalue weighted by molar-refractivity contribution is 9.10. The van der Waals surface area contributed by atoms with Gasteiger partial charge in [-0.1, -0.05) is 0 Å². The monoisotopic (exact) mass is 366 g/mol. The summed E-state index contributed by atoms with van der Waals surface area (Å²) in [4.78, 5) is 24.6. The van der Waals surface area contributed by atoms with E-state index in [-0.39, 0.29) is 23.6 Å². The van der Waals surface area contributed by atoms with E-state index < -0.39 is 5.97 Å². The molecule has 4 nitrogen and oxygen atoms in total. The molecule has 0 unspecified atom stereocenters. The number of hydrogen-bond donors (Lipinski definition) is 0. The Labute approximate surface area is 137 Å². The molecule has 1 aromatic rings. The molecule has 4 saturated carbocycles. The number of ketones is 1. The maximum atomic E-state index is 12.7. The van der Waals surface area contributed by atoms with Crippen LogP contribution in [0.25, 0.3) is 0 Å². The van der Waals surface area contributed by atoms with Crippen molar-refractivity contribution < 1.29 is 18.7 Å². The molecule has 4 fully saturated rings. The van der Waals surface area contributed by atoms with Crippen LogP contribution in [-0.4, -0.2) is 18.4 Å². The minimum absolute atomic E-state index is 0.116. The van der Waals surface area contributed by atoms with Crippen molar-refractivity contribution in [3.63, 3.8) is 0 Å². The van der Waals surface area contributed by atoms with Gasteiger partial charge < -0.3 is 9.15 Å². The molecule has 0 spiro atoms. The SMILES string of the molecule is O=C(OCC(=O)C12CC3CC(CC(C3)C1)C2)c1ccc(Br)o1. The number of ether oxygens (including phenoxy) is 1. The fourth-order valence-electron chi connectivity index (χ4n) is 5.23. The number of hydrogen-bond acceptors (Lipinski definition) is 4. The third kappa shape index (κ3) is 2.43. The Hall–Kier alpha value is -1.10. The van der Waals surface area contributed by atoms with Gasteiger partial charge >= 0.3 is 5.97 Å². The van der Waals surface area contributed by atoms with Crippen LogP contribution in [0.15, 0.2) is 21.2 Å². The lowest BCUT2D eigenvalue weighted by molar-refractivity contribution is -0.147. The van der Waals surface area contributed by atoms with Crippen LogP contribution in [-0.2, 0) is 9.53 Å². The quantitative estimate of drug-likeness (QED) is 0.756. The zero-order valence-electron chi connectivity index (χ0n) is 12.3. The topological polar surface area (TPSA) is 56.5 Å². The van der Waals surface area contributed by atoms with Gasteiger partial charge in [-0.3, -0.25) is 4.79 Å². The van der Waals surface area contributed by atoms with Crippen molar-refractivity contribution in [3.05, 3.63) is 22.6 Å². The summed E-state index contributed by atoms with van der Waals surface area (Å²) in [7, 11) is 0. The zero-order chi connectivity index (χ0) is 15.3. The van der Waals surface area contributed by atoms with Crippen molar-refractivity contribution in [3.8, 4) is 0 Å². The highest BCUT2D eigenvalue weighted by Gasteiger charge is 2.54. The van der Waals surface area contributed by atoms with E-state index in [1.807, 2.05) is 0 Å². The number of rotatable bonds is 4. The predicted molar refractivity (Wildman–Crippen MR) is 82.3 cm³/mol. The van der Waals surface area contributed by atoms with Gasteiger partial charge in [0, 0.05) is 5.41 Å². The van der Waals surface area contributed by atoms with Crippen LogP contribution < -0.4 is 0 Å². The highest BCUT2D eigenvalue weighted by atomic mass is 79.9. The molecule has 0 N–H and O–H groups in total. The van der Waals surface area contributed by atoms with E-state index in [9.17, 15) is 9.59 Å². The Kier molecular flexibility index (Phi) is 3.44. The standard InChI is InChI=1S/C17H19BrO4/c18-15-2-1-13(22-15)16(20)21-9-14(19)17-6-10-3-11(7-17)5-12(4-10)8-17/h1-2,10-12H,3-9H2. The first-order valence-corrected chi connectivity index (χ1v) is 8.79. The average Bonchev–Trinajstić information content (AvgIpc) is 2.89. The molecule has 4 bridgehead atoms. The van der Waals surface area contributed by atoms with E-state index in [4.69, 9.17) is 9.15 Å². The number of esters is 1. The normalized spacial score (nSPS) is 35.6. The summed E-state index contributed by atoms with van der Waals surface area (Å²) in [5.74, 6) is 1.82. The molecule has 1 aromatic heterocycles. The van der Waals surface area contributed by atoms with Gasteiger partial charge in [-0.25, -0.2) is 4.79 Å². The van der Waals surface area contributed by atoms with Gasteiger partial charge in [0.2, 0.25) is 5.76 Å². The Morgan fingerprint density at radius 3 is 2.23 bits per heavy atom. The molecule has 5 heteroatoms. The lowest BCUT2D eigenvalue weighted by Gasteiger charge is -2.55. The van der Waals surface area contributed by atoms with Crippen LogP contribution in [0.2, 0.25) is 0 Å². The first-order valence-electron chi connectivity index (χ1n) is 8.00. The second kappa shape index (κ2) is 5.22. The van der Waals surface area contributed by atoms with Crippen LogP contribution in [0.4, 0.5) is 0 Å². The first-order chi connectivity index (χ1) is 10.5. The van der Waals surface area contributed by atoms with Crippen molar-refractivity contribution in [2.45, 2.75) is 38.5 Å². The lowest BCUT2D eigenvalue weighted by Crippen LogP contribution is -2.51. The molecule has 0 atom stereocenters. The van der Waals surface area contributed by atoms with Gasteiger partial charge in [0.15, 0.2) is 17.1 Å². The highest BCUT2D eigenvalue weighted by Crippen LogP contribution is 2.60. The van der Waals surface area contributed by atoms with Gasteiger partial charge in [0.05, 0.1) is 0 Å². The van der Waals surface area contributed by atoms with E-state index in [0.717, 1.165) is 19.3 Å². The second-order valence-corrected chi connectivity index (χ2v) is 8.08. The summed E-state index contributed by atoms with van der Waals surface area (Å²) in [5, 5.41) is 0. The number of carbonyl (C=O) groups is 2. The van der Waals surface area contributed by atoms with E-state index >= 15 is 0 Å². The van der Waals surface area contributed by atoms with Gasteiger partial charge in [0.25, 0.3) is 0 Å². The molecular weight excluding hydrogens is 348 g/mol. The Morgan fingerprint density at radius 1 is 1.14 bits per heavy atom. The van der Waals surface area contributed by atoms with Crippen LogP contribution >= 0.6 is 15.9 Å². The molecule has 0 aliphatic heterocycles. The van der Waals surface area contributed by atoms with E-state index in [1.54, 1.807) is 12.1 Å². The van der Waals surface area contributed by atoms with E-state index in [1.165, 1.54) is 19.3 Å². The first kappa shape index (κ1) is 14.5. The van der Waals surface area contributed by atoms with Gasteiger partial charge in [-0.05, 0) is 84.3 Å². The van der Waals surface area contributed by atoms with E-state index in [2.05, 4.69) is 15.9 Å². The van der Waals surface area contributed by atoms with Crippen molar-refractivity contribution >= 4 is 27.7 Å². The third-order valence-electron chi connectivity index (χ3n) is 5.74. The van der Waals surface area contributed by atoms with Crippen molar-refractivity contribution in [2.75, 3.05) is 6.61 Å². The Balaban J connectivity index is 1.41. The van der Waals surface area contributed by atoms with Crippen LogP contribution in [0.1, 0.15) is 49.1 Å². The molecule has 0 amide bonds. The molecule has 0 saturated heterocycles. The number of carbonyl (C=O) groups excluding carboxylic acids is 2. The minimum atomic E-state index is -0.566. The summed E-state index contributed by atoms with van der Waals surface area (Å²) < 4.78 is 10.8. The van der Waals surface area contributed by atoms with Crippen molar-refractivity contribution in [1.29, 1.82) is 0 Å². The number of Topliss-reactive ketones (excluding diaryl/α,β-unsaturated/α-hetero) is 1. The zero-order valence-corrected chi connectivity index (χ0v) is 13.9. The maximum Gasteiger partial charge on any atom is 0.374 e. The van der Waals surface area contributed by atoms with Gasteiger partial charge in [0.1, 0.15) is 0 Å². The summed E-state index contributed by atoms with van der Waals surface area (Å²) in [6.07, 6.45) is 6.90. The summed E-state index contributed by atoms with van der Waals surface area (Å²) >= 11 is 3.15. The second-order valence-electron chi connectivity index (χ2n) is 7.30. The fourth-order valence-corrected chi connectivity index (χ4v) is 5.54. The van der Waals surface area contributed by atoms with Crippen LogP contribution in [0, 0.1) is 23.2 Å². The average molecular weight is 367 g/mol. The smallest absolute Gasteiger partial charge is 0.374 e. The molecule has 0 aromatic carbocycles. The fraction of sp³-hybridized carbons (Fsp3) is 0.647. The Morgan fingerprint density at radius 2 is 1.73 bits per heavy atom. The molecule has 5 rings (SSSR count). The molecule has 1 heterocycles. The largest absolute Gasteiger partial charge is 0.452 e. The molecular formula is C17H19BrO4. The molecule has 22 heavy (non-hydrogen) atoms. The van der Waals surface area contributed by atoms with Crippen LogP contribution in [0.5, 0.6) is 0 Å². The molecule has 0 radical (unpaired) electrons. The molecule has 4 aliphatic rings. The molecule has 4 aliphatic carbocycles. The van der Waals surface area contributed by atoms with Crippen molar-refractivity contribution in [1.82, 2.24) is 0 Å². The van der Waals surface area contributed by atoms with Gasteiger partial charge in [-0.15, -0.1) is 0 Å². The minimum Gasteiger partial charge on any atom is -0.452 e. The summed E-state index contributed by atoms with van der Waals surface area (Å²) in [6, 6.07) is 3.18. The number of halogens is 1. The predicted octanol–water partition coefficient (Wildman–Crippen LogP) is 3.98. The van der Waals surface area contributed by atoms with Gasteiger partial charge in [-0.2, -0.15) is 0 Å². The third-order valence-corrected chi connectivity index (χ3v) is 6.16. The number of furan rings is 1. The maximum absolute atomic E-state index is 12.7. The summed E-state index contributed by atoms with van der Waals surface area (Å²) in [5.41, 5.74) is -0.210. The van der Waals surface area contributed by atoms with Crippen LogP contribution in [0.3, 0.4) is 0 Å². The van der Waals surface area contributed by atoms with Crippen molar-refractivity contribution in [2.24, 2.45) is 23.2 Å². The Bertz CT molecular complexity index is 583. The summed E-state index contributed by atoms with van der Waals surface area (Å²) in [6.45, 7) is -0.122. The lowest BCUT2D eigenvalue weighted by atomic mass is 9.48. The van der Waals surface area contributed by atoms with E-state index in [0.29, 0.717) is 22.4 Å².